The first-order chi connectivity index (χ1) is 10.1. The SMILES string of the molecule is CCCN(C(=O)CCCc1cc(C)sc1C)C1CCNC1. The van der Waals surface area contributed by atoms with E-state index in [1.165, 1.54) is 15.3 Å². The van der Waals surface area contributed by atoms with Gasteiger partial charge in [0.1, 0.15) is 0 Å². The zero-order chi connectivity index (χ0) is 15.2. The second kappa shape index (κ2) is 7.95. The van der Waals surface area contributed by atoms with Gasteiger partial charge in [-0.2, -0.15) is 0 Å². The van der Waals surface area contributed by atoms with Crippen LogP contribution >= 0.6 is 11.3 Å². The Morgan fingerprint density at radius 3 is 2.86 bits per heavy atom. The van der Waals surface area contributed by atoms with E-state index in [2.05, 4.69) is 37.1 Å². The molecule has 0 spiro atoms. The number of hydrogen-bond acceptors (Lipinski definition) is 3. The molecular weight excluding hydrogens is 280 g/mol. The number of nitrogens with zero attached hydrogens (tertiary/aromatic N) is 1. The van der Waals surface area contributed by atoms with Crippen LogP contribution in [0.5, 0.6) is 0 Å². The van der Waals surface area contributed by atoms with Gasteiger partial charge in [-0.1, -0.05) is 6.92 Å². The van der Waals surface area contributed by atoms with Crippen LogP contribution in [0, 0.1) is 13.8 Å². The lowest BCUT2D eigenvalue weighted by Crippen LogP contribution is -2.42. The van der Waals surface area contributed by atoms with Crippen LogP contribution in [0.25, 0.3) is 0 Å². The molecule has 1 aromatic heterocycles. The maximum Gasteiger partial charge on any atom is 0.222 e. The summed E-state index contributed by atoms with van der Waals surface area (Å²) in [5.41, 5.74) is 1.43. The molecule has 3 nitrogen and oxygen atoms in total. The van der Waals surface area contributed by atoms with Gasteiger partial charge in [0.25, 0.3) is 0 Å². The Morgan fingerprint density at radius 2 is 2.29 bits per heavy atom. The topological polar surface area (TPSA) is 32.3 Å². The molecule has 1 N–H and O–H groups in total. The van der Waals surface area contributed by atoms with Crippen LogP contribution in [-0.4, -0.2) is 36.5 Å². The fraction of sp³-hybridized carbons (Fsp3) is 0.706. The van der Waals surface area contributed by atoms with Crippen LogP contribution in [0.1, 0.15) is 47.9 Å². The summed E-state index contributed by atoms with van der Waals surface area (Å²) in [7, 11) is 0. The number of hydrogen-bond donors (Lipinski definition) is 1. The standard InChI is InChI=1S/C17H28N2OS/c1-4-10-19(16-8-9-18-12-16)17(20)7-5-6-15-11-13(2)21-14(15)3/h11,16,18H,4-10,12H2,1-3H3. The van der Waals surface area contributed by atoms with Gasteiger partial charge in [-0.3, -0.25) is 4.79 Å². The minimum absolute atomic E-state index is 0.343. The lowest BCUT2D eigenvalue weighted by atomic mass is 10.1. The van der Waals surface area contributed by atoms with E-state index in [9.17, 15) is 4.79 Å². The number of rotatable bonds is 7. The van der Waals surface area contributed by atoms with E-state index in [4.69, 9.17) is 0 Å². The average Bonchev–Trinajstić information content (AvgIpc) is 3.06. The molecule has 2 heterocycles. The highest BCUT2D eigenvalue weighted by Crippen LogP contribution is 2.22. The summed E-state index contributed by atoms with van der Waals surface area (Å²) in [6.07, 6.45) is 4.84. The number of aryl methyl sites for hydroxylation is 3. The maximum atomic E-state index is 12.5. The van der Waals surface area contributed by atoms with Gasteiger partial charge in [0, 0.05) is 35.3 Å². The molecule has 1 aromatic rings. The summed E-state index contributed by atoms with van der Waals surface area (Å²) < 4.78 is 0. The van der Waals surface area contributed by atoms with Crippen molar-refractivity contribution in [1.82, 2.24) is 10.2 Å². The van der Waals surface area contributed by atoms with Crippen LogP contribution in [0.3, 0.4) is 0 Å². The fourth-order valence-corrected chi connectivity index (χ4v) is 4.14. The second-order valence-electron chi connectivity index (χ2n) is 6.03. The van der Waals surface area contributed by atoms with Crippen molar-refractivity contribution < 1.29 is 4.79 Å². The molecule has 21 heavy (non-hydrogen) atoms. The van der Waals surface area contributed by atoms with E-state index in [1.807, 2.05) is 11.3 Å². The molecule has 1 unspecified atom stereocenters. The molecule has 0 aliphatic carbocycles. The van der Waals surface area contributed by atoms with E-state index in [0.717, 1.165) is 45.3 Å². The lowest BCUT2D eigenvalue weighted by molar-refractivity contribution is -0.133. The normalized spacial score (nSPS) is 18.1. The Morgan fingerprint density at radius 1 is 1.48 bits per heavy atom. The van der Waals surface area contributed by atoms with Crippen LogP contribution in [0.2, 0.25) is 0 Å². The molecule has 0 radical (unpaired) electrons. The quantitative estimate of drug-likeness (QED) is 0.838. The summed E-state index contributed by atoms with van der Waals surface area (Å²) in [5, 5.41) is 3.37. The molecule has 0 aromatic carbocycles. The first kappa shape index (κ1) is 16.5. The van der Waals surface area contributed by atoms with Crippen LogP contribution in [-0.2, 0) is 11.2 Å². The molecule has 1 aliphatic rings. The van der Waals surface area contributed by atoms with Gasteiger partial charge in [-0.15, -0.1) is 11.3 Å². The first-order valence-corrected chi connectivity index (χ1v) is 8.99. The molecule has 4 heteroatoms. The molecule has 1 saturated heterocycles. The van der Waals surface area contributed by atoms with Gasteiger partial charge in [0.2, 0.25) is 5.91 Å². The van der Waals surface area contributed by atoms with Crippen molar-refractivity contribution in [1.29, 1.82) is 0 Å². The van der Waals surface area contributed by atoms with Gasteiger partial charge < -0.3 is 10.2 Å². The Bertz CT molecular complexity index is 463. The Hall–Kier alpha value is -0.870. The highest BCUT2D eigenvalue weighted by Gasteiger charge is 2.25. The van der Waals surface area contributed by atoms with Gasteiger partial charge in [0.15, 0.2) is 0 Å². The number of carbonyl (C=O) groups is 1. The summed E-state index contributed by atoms with van der Waals surface area (Å²) in [5.74, 6) is 0.343. The monoisotopic (exact) mass is 308 g/mol. The predicted molar refractivity (Wildman–Crippen MR) is 90.0 cm³/mol. The molecule has 0 saturated carbocycles. The average molecular weight is 308 g/mol. The predicted octanol–water partition coefficient (Wildman–Crippen LogP) is 3.29. The Labute approximate surface area is 132 Å². The third-order valence-corrected chi connectivity index (χ3v) is 5.25. The van der Waals surface area contributed by atoms with Crippen molar-refractivity contribution >= 4 is 17.2 Å². The van der Waals surface area contributed by atoms with Crippen LogP contribution in [0.15, 0.2) is 6.07 Å². The van der Waals surface area contributed by atoms with Gasteiger partial charge in [-0.25, -0.2) is 0 Å². The van der Waals surface area contributed by atoms with Gasteiger partial charge >= 0.3 is 0 Å². The maximum absolute atomic E-state index is 12.5. The van der Waals surface area contributed by atoms with Crippen molar-refractivity contribution in [3.05, 3.63) is 21.4 Å². The minimum atomic E-state index is 0.343. The van der Waals surface area contributed by atoms with Crippen molar-refractivity contribution in [3.8, 4) is 0 Å². The van der Waals surface area contributed by atoms with E-state index in [-0.39, 0.29) is 0 Å². The molecular formula is C17H28N2OS. The van der Waals surface area contributed by atoms with Gasteiger partial charge in [-0.05, 0) is 57.7 Å². The summed E-state index contributed by atoms with van der Waals surface area (Å²) in [6.45, 7) is 9.41. The molecule has 1 amide bonds. The second-order valence-corrected chi connectivity index (χ2v) is 7.49. The van der Waals surface area contributed by atoms with E-state index < -0.39 is 0 Å². The Kier molecular flexibility index (Phi) is 6.24. The number of nitrogens with one attached hydrogen (secondary N) is 1. The van der Waals surface area contributed by atoms with E-state index in [1.54, 1.807) is 0 Å². The lowest BCUT2D eigenvalue weighted by Gasteiger charge is -2.28. The number of thiophene rings is 1. The van der Waals surface area contributed by atoms with Gasteiger partial charge in [0.05, 0.1) is 0 Å². The molecule has 1 aliphatic heterocycles. The largest absolute Gasteiger partial charge is 0.338 e. The minimum Gasteiger partial charge on any atom is -0.338 e. The molecule has 118 valence electrons. The van der Waals surface area contributed by atoms with Crippen molar-refractivity contribution in [2.45, 2.75) is 58.9 Å². The molecule has 1 fully saturated rings. The first-order valence-electron chi connectivity index (χ1n) is 8.18. The summed E-state index contributed by atoms with van der Waals surface area (Å²) in [6, 6.07) is 2.69. The number of carbonyl (C=O) groups excluding carboxylic acids is 1. The molecule has 2 rings (SSSR count). The number of amides is 1. The summed E-state index contributed by atoms with van der Waals surface area (Å²) in [4.78, 5) is 17.4. The fourth-order valence-electron chi connectivity index (χ4n) is 3.16. The van der Waals surface area contributed by atoms with E-state index in [0.29, 0.717) is 18.4 Å². The zero-order valence-electron chi connectivity index (χ0n) is 13.6. The van der Waals surface area contributed by atoms with Crippen molar-refractivity contribution in [2.75, 3.05) is 19.6 Å². The highest BCUT2D eigenvalue weighted by molar-refractivity contribution is 7.12. The third kappa shape index (κ3) is 4.55. The van der Waals surface area contributed by atoms with Crippen molar-refractivity contribution in [3.63, 3.8) is 0 Å². The highest BCUT2D eigenvalue weighted by atomic mass is 32.1. The van der Waals surface area contributed by atoms with Crippen LogP contribution < -0.4 is 5.32 Å². The van der Waals surface area contributed by atoms with E-state index >= 15 is 0 Å². The Balaban J connectivity index is 1.82. The smallest absolute Gasteiger partial charge is 0.222 e. The summed E-state index contributed by atoms with van der Waals surface area (Å²) >= 11 is 1.86. The molecule has 0 bridgehead atoms. The zero-order valence-corrected chi connectivity index (χ0v) is 14.4. The van der Waals surface area contributed by atoms with Crippen LogP contribution in [0.4, 0.5) is 0 Å². The third-order valence-electron chi connectivity index (χ3n) is 4.24. The van der Waals surface area contributed by atoms with Crippen molar-refractivity contribution in [2.24, 2.45) is 0 Å². The molecule has 1 atom stereocenters.